The van der Waals surface area contributed by atoms with Gasteiger partial charge in [-0.2, -0.15) is 0 Å². The van der Waals surface area contributed by atoms with Crippen molar-refractivity contribution in [3.63, 3.8) is 0 Å². The highest BCUT2D eigenvalue weighted by Crippen LogP contribution is 2.13. The van der Waals surface area contributed by atoms with Crippen LogP contribution < -0.4 is 16.0 Å². The summed E-state index contributed by atoms with van der Waals surface area (Å²) in [6.45, 7) is 3.51. The van der Waals surface area contributed by atoms with Crippen LogP contribution in [0.15, 0.2) is 0 Å². The molecule has 1 aliphatic rings. The van der Waals surface area contributed by atoms with Crippen LogP contribution in [0, 0.1) is 5.92 Å². The first-order valence-corrected chi connectivity index (χ1v) is 6.95. The van der Waals surface area contributed by atoms with Gasteiger partial charge in [0.05, 0.1) is 6.61 Å². The number of amides is 2. The number of ether oxygens (including phenoxy) is 1. The lowest BCUT2D eigenvalue weighted by Crippen LogP contribution is -2.32. The monoisotopic (exact) mass is 271 g/mol. The fourth-order valence-corrected chi connectivity index (χ4v) is 2.08. The summed E-state index contributed by atoms with van der Waals surface area (Å²) in [5.74, 6) is 0.608. The summed E-state index contributed by atoms with van der Waals surface area (Å²) < 4.78 is 4.83. The molecule has 1 fully saturated rings. The predicted molar refractivity (Wildman–Crippen MR) is 72.7 cm³/mol. The van der Waals surface area contributed by atoms with Crippen LogP contribution in [0.5, 0.6) is 0 Å². The van der Waals surface area contributed by atoms with Gasteiger partial charge in [0.1, 0.15) is 0 Å². The number of nitrogens with one attached hydrogen (secondary N) is 3. The fourth-order valence-electron chi connectivity index (χ4n) is 2.08. The topological polar surface area (TPSA) is 79.5 Å². The zero-order valence-electron chi connectivity index (χ0n) is 11.7. The van der Waals surface area contributed by atoms with Crippen LogP contribution in [-0.2, 0) is 14.3 Å². The first kappa shape index (κ1) is 15.9. The average Bonchev–Trinajstić information content (AvgIpc) is 2.90. The Kier molecular flexibility index (Phi) is 8.16. The first-order chi connectivity index (χ1) is 9.22. The van der Waals surface area contributed by atoms with E-state index in [1.807, 2.05) is 0 Å². The van der Waals surface area contributed by atoms with Crippen LogP contribution in [0.4, 0.5) is 0 Å². The smallest absolute Gasteiger partial charge is 0.221 e. The standard InChI is InChI=1S/C13H25N3O3/c1-19-9-8-16-13(18)5-7-15-12(17)3-2-11-4-6-14-10-11/h11,14H,2-10H2,1H3,(H,15,17)(H,16,18). The minimum absolute atomic E-state index is 0.0385. The van der Waals surface area contributed by atoms with E-state index in [0.29, 0.717) is 38.5 Å². The lowest BCUT2D eigenvalue weighted by molar-refractivity contribution is -0.122. The Morgan fingerprint density at radius 2 is 1.95 bits per heavy atom. The van der Waals surface area contributed by atoms with E-state index in [1.54, 1.807) is 7.11 Å². The van der Waals surface area contributed by atoms with Gasteiger partial charge in [0.2, 0.25) is 11.8 Å². The Morgan fingerprint density at radius 1 is 1.21 bits per heavy atom. The highest BCUT2D eigenvalue weighted by Gasteiger charge is 2.15. The van der Waals surface area contributed by atoms with Gasteiger partial charge in [-0.05, 0) is 31.8 Å². The van der Waals surface area contributed by atoms with Crippen molar-refractivity contribution in [2.75, 3.05) is 39.9 Å². The maximum Gasteiger partial charge on any atom is 0.221 e. The molecule has 1 saturated heterocycles. The third-order valence-electron chi connectivity index (χ3n) is 3.24. The third kappa shape index (κ3) is 7.79. The summed E-state index contributed by atoms with van der Waals surface area (Å²) in [5, 5.41) is 8.77. The normalized spacial score (nSPS) is 18.3. The first-order valence-electron chi connectivity index (χ1n) is 6.95. The van der Waals surface area contributed by atoms with E-state index in [4.69, 9.17) is 4.74 Å². The number of hydrogen-bond acceptors (Lipinski definition) is 4. The molecule has 3 N–H and O–H groups in total. The van der Waals surface area contributed by atoms with Crippen LogP contribution in [0.1, 0.15) is 25.7 Å². The van der Waals surface area contributed by atoms with Crippen molar-refractivity contribution in [3.05, 3.63) is 0 Å². The molecular formula is C13H25N3O3. The summed E-state index contributed by atoms with van der Waals surface area (Å²) in [5.41, 5.74) is 0. The molecule has 0 aromatic heterocycles. The third-order valence-corrected chi connectivity index (χ3v) is 3.24. The number of carbonyl (C=O) groups is 2. The number of rotatable bonds is 9. The summed E-state index contributed by atoms with van der Waals surface area (Å²) in [7, 11) is 1.59. The van der Waals surface area contributed by atoms with Gasteiger partial charge < -0.3 is 20.7 Å². The zero-order chi connectivity index (χ0) is 13.9. The summed E-state index contributed by atoms with van der Waals surface area (Å²) >= 11 is 0. The van der Waals surface area contributed by atoms with E-state index in [2.05, 4.69) is 16.0 Å². The molecule has 1 atom stereocenters. The molecule has 0 aromatic rings. The number of methoxy groups -OCH3 is 1. The molecule has 1 aliphatic heterocycles. The predicted octanol–water partition coefficient (Wildman–Crippen LogP) is -0.355. The minimum atomic E-state index is -0.0580. The van der Waals surface area contributed by atoms with Crippen molar-refractivity contribution < 1.29 is 14.3 Å². The van der Waals surface area contributed by atoms with E-state index in [-0.39, 0.29) is 11.8 Å². The molecule has 0 aromatic carbocycles. The van der Waals surface area contributed by atoms with Crippen LogP contribution in [0.25, 0.3) is 0 Å². The molecule has 0 spiro atoms. The molecule has 19 heavy (non-hydrogen) atoms. The van der Waals surface area contributed by atoms with E-state index >= 15 is 0 Å². The van der Waals surface area contributed by atoms with Crippen molar-refractivity contribution in [3.8, 4) is 0 Å². The van der Waals surface area contributed by atoms with Gasteiger partial charge in [0.25, 0.3) is 0 Å². The molecular weight excluding hydrogens is 246 g/mol. The molecule has 1 heterocycles. The van der Waals surface area contributed by atoms with Gasteiger partial charge in [-0.15, -0.1) is 0 Å². The Bertz CT molecular complexity index is 278. The molecule has 2 amide bonds. The lowest BCUT2D eigenvalue weighted by atomic mass is 10.0. The van der Waals surface area contributed by atoms with Crippen molar-refractivity contribution in [2.45, 2.75) is 25.7 Å². The van der Waals surface area contributed by atoms with Gasteiger partial charge in [0, 0.05) is 33.0 Å². The Hall–Kier alpha value is -1.14. The minimum Gasteiger partial charge on any atom is -0.383 e. The Morgan fingerprint density at radius 3 is 2.63 bits per heavy atom. The van der Waals surface area contributed by atoms with Crippen LogP contribution in [0.2, 0.25) is 0 Å². The van der Waals surface area contributed by atoms with Gasteiger partial charge in [0.15, 0.2) is 0 Å². The molecule has 110 valence electrons. The summed E-state index contributed by atoms with van der Waals surface area (Å²) in [6.07, 6.45) is 2.96. The van der Waals surface area contributed by atoms with E-state index in [0.717, 1.165) is 25.9 Å². The van der Waals surface area contributed by atoms with Gasteiger partial charge in [-0.3, -0.25) is 9.59 Å². The van der Waals surface area contributed by atoms with Gasteiger partial charge >= 0.3 is 0 Å². The van der Waals surface area contributed by atoms with Crippen molar-refractivity contribution in [1.29, 1.82) is 0 Å². The van der Waals surface area contributed by atoms with Crippen LogP contribution in [-0.4, -0.2) is 51.7 Å². The quantitative estimate of drug-likeness (QED) is 0.501. The van der Waals surface area contributed by atoms with Crippen LogP contribution in [0.3, 0.4) is 0 Å². The lowest BCUT2D eigenvalue weighted by Gasteiger charge is -2.09. The summed E-state index contributed by atoms with van der Waals surface area (Å²) in [4.78, 5) is 22.9. The Labute approximate surface area is 114 Å². The second-order valence-electron chi connectivity index (χ2n) is 4.84. The van der Waals surface area contributed by atoms with E-state index in [9.17, 15) is 9.59 Å². The second kappa shape index (κ2) is 9.75. The average molecular weight is 271 g/mol. The molecule has 0 aliphatic carbocycles. The fraction of sp³-hybridized carbons (Fsp3) is 0.846. The molecule has 6 nitrogen and oxygen atoms in total. The maximum atomic E-state index is 11.6. The molecule has 0 bridgehead atoms. The second-order valence-corrected chi connectivity index (χ2v) is 4.84. The van der Waals surface area contributed by atoms with Crippen molar-refractivity contribution >= 4 is 11.8 Å². The van der Waals surface area contributed by atoms with Crippen molar-refractivity contribution in [1.82, 2.24) is 16.0 Å². The van der Waals surface area contributed by atoms with E-state index < -0.39 is 0 Å². The number of carbonyl (C=O) groups excluding carboxylic acids is 2. The summed E-state index contributed by atoms with van der Waals surface area (Å²) in [6, 6.07) is 0. The SMILES string of the molecule is COCCNC(=O)CCNC(=O)CCC1CCNC1. The highest BCUT2D eigenvalue weighted by atomic mass is 16.5. The molecule has 1 rings (SSSR count). The number of hydrogen-bond donors (Lipinski definition) is 3. The van der Waals surface area contributed by atoms with E-state index in [1.165, 1.54) is 0 Å². The largest absolute Gasteiger partial charge is 0.383 e. The zero-order valence-corrected chi connectivity index (χ0v) is 11.7. The van der Waals surface area contributed by atoms with Gasteiger partial charge in [-0.25, -0.2) is 0 Å². The molecule has 0 saturated carbocycles. The molecule has 1 unspecified atom stereocenters. The Balaban J connectivity index is 1.95. The van der Waals surface area contributed by atoms with Crippen LogP contribution >= 0.6 is 0 Å². The van der Waals surface area contributed by atoms with Gasteiger partial charge in [-0.1, -0.05) is 0 Å². The highest BCUT2D eigenvalue weighted by molar-refractivity contribution is 5.78. The molecule has 0 radical (unpaired) electrons. The van der Waals surface area contributed by atoms with Crippen molar-refractivity contribution in [2.24, 2.45) is 5.92 Å². The maximum absolute atomic E-state index is 11.6. The molecule has 6 heteroatoms.